The highest BCUT2D eigenvalue weighted by atomic mass is 19.2. The molecule has 0 aliphatic carbocycles. The topological polar surface area (TPSA) is 59.1 Å². The second-order valence-electron chi connectivity index (χ2n) is 7.53. The van der Waals surface area contributed by atoms with Crippen LogP contribution in [-0.4, -0.2) is 43.5 Å². The summed E-state index contributed by atoms with van der Waals surface area (Å²) in [6.45, 7) is 2.90. The fourth-order valence-electron chi connectivity index (χ4n) is 3.80. The number of rotatable bonds is 4. The number of carbonyl (C=O) groups is 2. The molecule has 1 fully saturated rings. The molecule has 30 heavy (non-hydrogen) atoms. The third kappa shape index (κ3) is 3.69. The van der Waals surface area contributed by atoms with Gasteiger partial charge in [-0.25, -0.2) is 8.78 Å². The van der Waals surface area contributed by atoms with E-state index >= 15 is 0 Å². The Labute approximate surface area is 173 Å². The van der Waals surface area contributed by atoms with Gasteiger partial charge in [0.05, 0.1) is 12.0 Å². The lowest BCUT2D eigenvalue weighted by atomic mass is 10.0. The maximum Gasteiger partial charge on any atom is 0.228 e. The smallest absolute Gasteiger partial charge is 0.228 e. The van der Waals surface area contributed by atoms with Gasteiger partial charge in [0.2, 0.25) is 11.8 Å². The summed E-state index contributed by atoms with van der Waals surface area (Å²) in [5, 5.41) is 0. The van der Waals surface area contributed by atoms with Crippen LogP contribution in [0.25, 0.3) is 0 Å². The number of hydrogen-bond acceptors (Lipinski definition) is 4. The third-order valence-corrected chi connectivity index (χ3v) is 5.67. The summed E-state index contributed by atoms with van der Waals surface area (Å²) < 4.78 is 37.8. The molecule has 0 spiro atoms. The van der Waals surface area contributed by atoms with E-state index in [1.54, 1.807) is 37.1 Å². The van der Waals surface area contributed by atoms with E-state index in [2.05, 4.69) is 0 Å². The molecule has 2 aliphatic rings. The van der Waals surface area contributed by atoms with E-state index in [0.717, 1.165) is 12.1 Å². The Morgan fingerprint density at radius 1 is 1.10 bits per heavy atom. The summed E-state index contributed by atoms with van der Waals surface area (Å²) in [4.78, 5) is 28.6. The number of ether oxygens (including phenoxy) is 2. The van der Waals surface area contributed by atoms with Gasteiger partial charge in [-0.2, -0.15) is 0 Å². The Bertz CT molecular complexity index is 997. The molecule has 2 unspecified atom stereocenters. The zero-order chi connectivity index (χ0) is 21.4. The number of benzene rings is 2. The first kappa shape index (κ1) is 20.1. The molecule has 2 heterocycles. The average Bonchev–Trinajstić information content (AvgIpc) is 3.15. The first-order valence-corrected chi connectivity index (χ1v) is 9.77. The van der Waals surface area contributed by atoms with E-state index in [1.807, 2.05) is 0 Å². The minimum absolute atomic E-state index is 0.0854. The van der Waals surface area contributed by atoms with Crippen LogP contribution in [0.15, 0.2) is 36.4 Å². The summed E-state index contributed by atoms with van der Waals surface area (Å²) in [5.74, 6) is -1.59. The van der Waals surface area contributed by atoms with Crippen molar-refractivity contribution in [3.63, 3.8) is 0 Å². The van der Waals surface area contributed by atoms with Crippen molar-refractivity contribution in [3.05, 3.63) is 53.6 Å². The van der Waals surface area contributed by atoms with Gasteiger partial charge >= 0.3 is 0 Å². The van der Waals surface area contributed by atoms with Gasteiger partial charge < -0.3 is 19.3 Å². The zero-order valence-corrected chi connectivity index (χ0v) is 16.7. The predicted molar refractivity (Wildman–Crippen MR) is 105 cm³/mol. The van der Waals surface area contributed by atoms with Gasteiger partial charge in [-0.15, -0.1) is 0 Å². The van der Waals surface area contributed by atoms with Crippen molar-refractivity contribution in [1.29, 1.82) is 0 Å². The Hall–Kier alpha value is -3.16. The summed E-state index contributed by atoms with van der Waals surface area (Å²) in [6.07, 6.45) is 0.0854. The molecule has 0 radical (unpaired) electrons. The Balaban J connectivity index is 1.47. The molecular weight excluding hydrogens is 394 g/mol. The zero-order valence-electron chi connectivity index (χ0n) is 16.7. The van der Waals surface area contributed by atoms with Crippen molar-refractivity contribution in [2.45, 2.75) is 19.4 Å². The van der Waals surface area contributed by atoms with Crippen LogP contribution in [0.1, 0.15) is 24.9 Å². The molecule has 2 aliphatic heterocycles. The normalized spacial score (nSPS) is 19.0. The number of carbonyl (C=O) groups excluding carboxylic acids is 2. The molecule has 6 nitrogen and oxygen atoms in total. The average molecular weight is 416 g/mol. The molecule has 0 aromatic heterocycles. The van der Waals surface area contributed by atoms with Gasteiger partial charge in [0.25, 0.3) is 0 Å². The fraction of sp³-hybridized carbons (Fsp3) is 0.364. The molecule has 2 amide bonds. The lowest BCUT2D eigenvalue weighted by Gasteiger charge is -2.28. The van der Waals surface area contributed by atoms with E-state index < -0.39 is 23.6 Å². The van der Waals surface area contributed by atoms with E-state index in [0.29, 0.717) is 36.0 Å². The van der Waals surface area contributed by atoms with Gasteiger partial charge in [-0.1, -0.05) is 6.07 Å². The second kappa shape index (κ2) is 7.93. The van der Waals surface area contributed by atoms with Crippen LogP contribution in [0, 0.1) is 17.6 Å². The molecular formula is C22H22F2N2O4. The molecule has 8 heteroatoms. The number of anilines is 1. The van der Waals surface area contributed by atoms with E-state index in [1.165, 1.54) is 11.0 Å². The van der Waals surface area contributed by atoms with Crippen LogP contribution in [-0.2, 0) is 9.59 Å². The van der Waals surface area contributed by atoms with Gasteiger partial charge in [0, 0.05) is 31.8 Å². The third-order valence-electron chi connectivity index (χ3n) is 5.67. The van der Waals surface area contributed by atoms with Crippen LogP contribution in [0.2, 0.25) is 0 Å². The number of halogens is 2. The fourth-order valence-corrected chi connectivity index (χ4v) is 3.80. The predicted octanol–water partition coefficient (Wildman–Crippen LogP) is 3.31. The van der Waals surface area contributed by atoms with Gasteiger partial charge in [-0.3, -0.25) is 9.59 Å². The highest BCUT2D eigenvalue weighted by Crippen LogP contribution is 2.36. The summed E-state index contributed by atoms with van der Waals surface area (Å²) >= 11 is 0. The summed E-state index contributed by atoms with van der Waals surface area (Å²) in [7, 11) is 1.60. The number of nitrogens with zero attached hydrogens (tertiary/aromatic N) is 2. The van der Waals surface area contributed by atoms with Crippen molar-refractivity contribution in [2.75, 3.05) is 31.7 Å². The van der Waals surface area contributed by atoms with E-state index in [-0.39, 0.29) is 24.8 Å². The van der Waals surface area contributed by atoms with Crippen LogP contribution in [0.3, 0.4) is 0 Å². The van der Waals surface area contributed by atoms with Crippen LogP contribution in [0.5, 0.6) is 11.5 Å². The van der Waals surface area contributed by atoms with Crippen molar-refractivity contribution in [3.8, 4) is 11.5 Å². The number of amides is 2. The van der Waals surface area contributed by atoms with E-state index in [4.69, 9.17) is 9.47 Å². The van der Waals surface area contributed by atoms with Crippen LogP contribution >= 0.6 is 0 Å². The quantitative estimate of drug-likeness (QED) is 0.768. The monoisotopic (exact) mass is 416 g/mol. The number of fused-ring (bicyclic) bond motifs is 1. The van der Waals surface area contributed by atoms with Gasteiger partial charge in [0.15, 0.2) is 23.1 Å². The lowest BCUT2D eigenvalue weighted by Crippen LogP contribution is -2.36. The minimum atomic E-state index is -0.957. The van der Waals surface area contributed by atoms with Gasteiger partial charge in [-0.05, 0) is 36.8 Å². The molecule has 2 aromatic rings. The maximum absolute atomic E-state index is 13.6. The van der Waals surface area contributed by atoms with Crippen LogP contribution < -0.4 is 14.4 Å². The standard InChI is InChI=1S/C22H22F2N2O4/c1-13(14-3-5-17(23)18(24)9-14)25(2)22(28)15-10-21(27)26(12-15)16-4-6-19-20(11-16)30-8-7-29-19/h3-6,9,11,13,15H,7-8,10,12H2,1-2H3. The highest BCUT2D eigenvalue weighted by Gasteiger charge is 2.38. The second-order valence-corrected chi connectivity index (χ2v) is 7.53. The molecule has 0 saturated carbocycles. The maximum atomic E-state index is 13.6. The molecule has 2 atom stereocenters. The summed E-state index contributed by atoms with van der Waals surface area (Å²) in [6, 6.07) is 8.38. The molecule has 1 saturated heterocycles. The lowest BCUT2D eigenvalue weighted by molar-refractivity contribution is -0.136. The number of hydrogen-bond donors (Lipinski definition) is 0. The first-order chi connectivity index (χ1) is 14.3. The largest absolute Gasteiger partial charge is 0.486 e. The molecule has 4 rings (SSSR count). The van der Waals surface area contributed by atoms with Crippen molar-refractivity contribution in [1.82, 2.24) is 4.90 Å². The van der Waals surface area contributed by atoms with Crippen molar-refractivity contribution < 1.29 is 27.8 Å². The van der Waals surface area contributed by atoms with Crippen LogP contribution in [0.4, 0.5) is 14.5 Å². The van der Waals surface area contributed by atoms with Crippen molar-refractivity contribution in [2.24, 2.45) is 5.92 Å². The molecule has 158 valence electrons. The molecule has 0 N–H and O–H groups in total. The molecule has 0 bridgehead atoms. The van der Waals surface area contributed by atoms with Crippen molar-refractivity contribution >= 4 is 17.5 Å². The Kier molecular flexibility index (Phi) is 5.32. The Morgan fingerprint density at radius 2 is 1.83 bits per heavy atom. The highest BCUT2D eigenvalue weighted by molar-refractivity contribution is 6.00. The first-order valence-electron chi connectivity index (χ1n) is 9.77. The SMILES string of the molecule is CC(c1ccc(F)c(F)c1)N(C)C(=O)C1CC(=O)N(c2ccc3c(c2)OCCO3)C1. The van der Waals surface area contributed by atoms with Gasteiger partial charge in [0.1, 0.15) is 13.2 Å². The molecule has 2 aromatic carbocycles. The minimum Gasteiger partial charge on any atom is -0.486 e. The van der Waals surface area contributed by atoms with E-state index in [9.17, 15) is 18.4 Å². The Morgan fingerprint density at radius 3 is 2.57 bits per heavy atom. The summed E-state index contributed by atoms with van der Waals surface area (Å²) in [5.41, 5.74) is 1.13.